The van der Waals surface area contributed by atoms with E-state index in [0.717, 1.165) is 17.8 Å². The van der Waals surface area contributed by atoms with E-state index in [1.54, 1.807) is 0 Å². The molecule has 0 bridgehead atoms. The summed E-state index contributed by atoms with van der Waals surface area (Å²) in [5, 5.41) is 12.3. The standard InChI is InChI=1S/C17H21N3O/c1-2-20(15-11-7-4-8-12-15)13-16(17(18)19-21)14-9-5-3-6-10-14/h3-12,16,21H,2,13H2,1H3,(H2,18,19). The Balaban J connectivity index is 2.26. The third-order valence-electron chi connectivity index (χ3n) is 3.58. The zero-order valence-electron chi connectivity index (χ0n) is 12.2. The van der Waals surface area contributed by atoms with Crippen LogP contribution in [-0.4, -0.2) is 24.1 Å². The predicted octanol–water partition coefficient (Wildman–Crippen LogP) is 3.04. The zero-order chi connectivity index (χ0) is 15.1. The number of hydrogen-bond donors (Lipinski definition) is 2. The number of benzene rings is 2. The summed E-state index contributed by atoms with van der Waals surface area (Å²) in [6.07, 6.45) is 0. The molecular formula is C17H21N3O. The summed E-state index contributed by atoms with van der Waals surface area (Å²) in [6.45, 7) is 3.62. The van der Waals surface area contributed by atoms with Crippen LogP contribution in [0, 0.1) is 0 Å². The lowest BCUT2D eigenvalue weighted by atomic mass is 9.97. The van der Waals surface area contributed by atoms with Gasteiger partial charge in [0.05, 0.1) is 5.92 Å². The Morgan fingerprint density at radius 1 is 1.10 bits per heavy atom. The molecule has 2 aromatic carbocycles. The maximum Gasteiger partial charge on any atom is 0.148 e. The lowest BCUT2D eigenvalue weighted by Crippen LogP contribution is -2.35. The molecule has 2 rings (SSSR count). The van der Waals surface area contributed by atoms with Crippen molar-refractivity contribution >= 4 is 11.5 Å². The van der Waals surface area contributed by atoms with Crippen molar-refractivity contribution in [3.05, 3.63) is 66.2 Å². The highest BCUT2D eigenvalue weighted by molar-refractivity contribution is 5.87. The number of hydrogen-bond acceptors (Lipinski definition) is 3. The van der Waals surface area contributed by atoms with Crippen molar-refractivity contribution in [3.63, 3.8) is 0 Å². The minimum Gasteiger partial charge on any atom is -0.409 e. The number of rotatable bonds is 6. The van der Waals surface area contributed by atoms with Crippen molar-refractivity contribution in [3.8, 4) is 0 Å². The molecule has 21 heavy (non-hydrogen) atoms. The summed E-state index contributed by atoms with van der Waals surface area (Å²) in [7, 11) is 0. The van der Waals surface area contributed by atoms with Crippen LogP contribution in [0.25, 0.3) is 0 Å². The molecule has 0 aliphatic carbocycles. The fourth-order valence-electron chi connectivity index (χ4n) is 2.40. The second-order valence-corrected chi connectivity index (χ2v) is 4.86. The van der Waals surface area contributed by atoms with Crippen LogP contribution in [-0.2, 0) is 0 Å². The van der Waals surface area contributed by atoms with Crippen molar-refractivity contribution in [2.75, 3.05) is 18.0 Å². The molecule has 4 heteroatoms. The number of nitrogens with zero attached hydrogens (tertiary/aromatic N) is 2. The lowest BCUT2D eigenvalue weighted by molar-refractivity contribution is 0.316. The SMILES string of the molecule is CCN(CC(C(N)=NO)c1ccccc1)c1ccccc1. The van der Waals surface area contributed by atoms with Crippen molar-refractivity contribution in [1.82, 2.24) is 0 Å². The van der Waals surface area contributed by atoms with Crippen LogP contribution < -0.4 is 10.6 Å². The summed E-state index contributed by atoms with van der Waals surface area (Å²) in [6, 6.07) is 20.0. The molecule has 110 valence electrons. The van der Waals surface area contributed by atoms with Gasteiger partial charge in [-0.05, 0) is 24.6 Å². The van der Waals surface area contributed by atoms with Gasteiger partial charge in [0.2, 0.25) is 0 Å². The van der Waals surface area contributed by atoms with E-state index in [1.165, 1.54) is 0 Å². The topological polar surface area (TPSA) is 61.8 Å². The molecule has 0 saturated heterocycles. The molecule has 0 aliphatic heterocycles. The number of anilines is 1. The number of oxime groups is 1. The Kier molecular flexibility index (Phi) is 5.21. The average Bonchev–Trinajstić information content (AvgIpc) is 2.57. The Hall–Kier alpha value is -2.49. The minimum atomic E-state index is -0.142. The molecule has 0 spiro atoms. The molecule has 0 heterocycles. The Morgan fingerprint density at radius 3 is 2.19 bits per heavy atom. The van der Waals surface area contributed by atoms with E-state index in [0.29, 0.717) is 6.54 Å². The number of likely N-dealkylation sites (N-methyl/N-ethyl adjacent to an activating group) is 1. The maximum atomic E-state index is 9.07. The van der Waals surface area contributed by atoms with Crippen molar-refractivity contribution in [2.24, 2.45) is 10.9 Å². The molecule has 0 amide bonds. The monoisotopic (exact) mass is 283 g/mol. The second-order valence-electron chi connectivity index (χ2n) is 4.86. The Labute approximate surface area is 125 Å². The highest BCUT2D eigenvalue weighted by Gasteiger charge is 2.20. The van der Waals surface area contributed by atoms with Gasteiger partial charge in [0, 0.05) is 18.8 Å². The largest absolute Gasteiger partial charge is 0.409 e. The molecule has 1 atom stereocenters. The van der Waals surface area contributed by atoms with Gasteiger partial charge in [-0.15, -0.1) is 0 Å². The highest BCUT2D eigenvalue weighted by Crippen LogP contribution is 2.21. The molecule has 0 fully saturated rings. The van der Waals surface area contributed by atoms with Crippen LogP contribution in [0.1, 0.15) is 18.4 Å². The first-order valence-electron chi connectivity index (χ1n) is 7.08. The van der Waals surface area contributed by atoms with Gasteiger partial charge < -0.3 is 15.8 Å². The van der Waals surface area contributed by atoms with Crippen LogP contribution in [0.4, 0.5) is 5.69 Å². The summed E-state index contributed by atoms with van der Waals surface area (Å²) in [5.74, 6) is 0.0898. The molecule has 3 N–H and O–H groups in total. The van der Waals surface area contributed by atoms with Gasteiger partial charge in [-0.3, -0.25) is 0 Å². The van der Waals surface area contributed by atoms with Crippen molar-refractivity contribution in [2.45, 2.75) is 12.8 Å². The van der Waals surface area contributed by atoms with Gasteiger partial charge in [0.25, 0.3) is 0 Å². The number of nitrogens with two attached hydrogens (primary N) is 1. The van der Waals surface area contributed by atoms with Crippen LogP contribution >= 0.6 is 0 Å². The van der Waals surface area contributed by atoms with Crippen LogP contribution in [0.5, 0.6) is 0 Å². The van der Waals surface area contributed by atoms with E-state index in [-0.39, 0.29) is 11.8 Å². The van der Waals surface area contributed by atoms with E-state index in [1.807, 2.05) is 48.5 Å². The van der Waals surface area contributed by atoms with E-state index in [2.05, 4.69) is 29.1 Å². The van der Waals surface area contributed by atoms with Crippen LogP contribution in [0.3, 0.4) is 0 Å². The summed E-state index contributed by atoms with van der Waals surface area (Å²) >= 11 is 0. The second kappa shape index (κ2) is 7.33. The molecular weight excluding hydrogens is 262 g/mol. The minimum absolute atomic E-state index is 0.142. The first-order chi connectivity index (χ1) is 10.3. The van der Waals surface area contributed by atoms with Gasteiger partial charge in [0.15, 0.2) is 0 Å². The smallest absolute Gasteiger partial charge is 0.148 e. The average molecular weight is 283 g/mol. The zero-order valence-corrected chi connectivity index (χ0v) is 12.2. The molecule has 0 saturated carbocycles. The number of para-hydroxylation sites is 1. The van der Waals surface area contributed by atoms with Gasteiger partial charge in [-0.2, -0.15) is 0 Å². The summed E-state index contributed by atoms with van der Waals surface area (Å²) in [4.78, 5) is 2.22. The van der Waals surface area contributed by atoms with E-state index in [9.17, 15) is 0 Å². The molecule has 2 aromatic rings. The molecule has 0 radical (unpaired) electrons. The van der Waals surface area contributed by atoms with E-state index in [4.69, 9.17) is 10.9 Å². The van der Waals surface area contributed by atoms with Gasteiger partial charge in [0.1, 0.15) is 5.84 Å². The van der Waals surface area contributed by atoms with Crippen molar-refractivity contribution in [1.29, 1.82) is 0 Å². The van der Waals surface area contributed by atoms with Gasteiger partial charge in [-0.25, -0.2) is 0 Å². The van der Waals surface area contributed by atoms with E-state index >= 15 is 0 Å². The normalized spacial score (nSPS) is 12.9. The Bertz CT molecular complexity index is 569. The van der Waals surface area contributed by atoms with Crippen LogP contribution in [0.2, 0.25) is 0 Å². The van der Waals surface area contributed by atoms with E-state index < -0.39 is 0 Å². The highest BCUT2D eigenvalue weighted by atomic mass is 16.4. The summed E-state index contributed by atoms with van der Waals surface area (Å²) < 4.78 is 0. The maximum absolute atomic E-state index is 9.07. The summed E-state index contributed by atoms with van der Waals surface area (Å²) in [5.41, 5.74) is 8.08. The van der Waals surface area contributed by atoms with Crippen LogP contribution in [0.15, 0.2) is 65.8 Å². The molecule has 4 nitrogen and oxygen atoms in total. The number of amidine groups is 1. The molecule has 0 aliphatic rings. The fraction of sp³-hybridized carbons (Fsp3) is 0.235. The Morgan fingerprint density at radius 2 is 1.67 bits per heavy atom. The van der Waals surface area contributed by atoms with Gasteiger partial charge in [-0.1, -0.05) is 53.7 Å². The first kappa shape index (κ1) is 14.9. The lowest BCUT2D eigenvalue weighted by Gasteiger charge is -2.28. The van der Waals surface area contributed by atoms with Gasteiger partial charge >= 0.3 is 0 Å². The third kappa shape index (κ3) is 3.75. The first-order valence-corrected chi connectivity index (χ1v) is 7.08. The quantitative estimate of drug-likeness (QED) is 0.371. The van der Waals surface area contributed by atoms with Crippen molar-refractivity contribution < 1.29 is 5.21 Å². The molecule has 0 aromatic heterocycles. The predicted molar refractivity (Wildman–Crippen MR) is 86.9 cm³/mol. The fourth-order valence-corrected chi connectivity index (χ4v) is 2.40. The third-order valence-corrected chi connectivity index (χ3v) is 3.58. The molecule has 1 unspecified atom stereocenters.